The minimum absolute atomic E-state index is 0.101. The smallest absolute Gasteiger partial charge is 0.306 e. The summed E-state index contributed by atoms with van der Waals surface area (Å²) in [7, 11) is -3.59. The Hall–Kier alpha value is -1.93. The first-order chi connectivity index (χ1) is 10.8. The van der Waals surface area contributed by atoms with Gasteiger partial charge in [-0.15, -0.1) is 0 Å². The predicted octanol–water partition coefficient (Wildman–Crippen LogP) is 1.61. The molecule has 0 unspecified atom stereocenters. The average Bonchev–Trinajstić information content (AvgIpc) is 2.53. The van der Waals surface area contributed by atoms with Gasteiger partial charge in [-0.2, -0.15) is 4.31 Å². The predicted molar refractivity (Wildman–Crippen MR) is 86.4 cm³/mol. The Morgan fingerprint density at radius 3 is 2.39 bits per heavy atom. The fourth-order valence-electron chi connectivity index (χ4n) is 1.89. The van der Waals surface area contributed by atoms with Crippen LogP contribution in [0.3, 0.4) is 0 Å². The molecule has 0 aromatic heterocycles. The molecule has 0 aliphatic carbocycles. The van der Waals surface area contributed by atoms with E-state index >= 15 is 0 Å². The summed E-state index contributed by atoms with van der Waals surface area (Å²) in [6.07, 6.45) is 0.185. The number of carbonyl (C=O) groups excluding carboxylic acids is 2. The second-order valence-electron chi connectivity index (χ2n) is 4.68. The lowest BCUT2D eigenvalue weighted by Gasteiger charge is -2.18. The molecular weight excluding hydrogens is 320 g/mol. The summed E-state index contributed by atoms with van der Waals surface area (Å²) in [4.78, 5) is 22.8. The quantitative estimate of drug-likeness (QED) is 0.725. The fourth-order valence-corrected chi connectivity index (χ4v) is 3.40. The van der Waals surface area contributed by atoms with E-state index < -0.39 is 28.5 Å². The molecule has 0 heterocycles. The van der Waals surface area contributed by atoms with Gasteiger partial charge in [-0.1, -0.05) is 26.8 Å². The van der Waals surface area contributed by atoms with Crippen LogP contribution in [-0.4, -0.2) is 44.3 Å². The number of hydrogen-bond acceptors (Lipinski definition) is 5. The third kappa shape index (κ3) is 5.33. The van der Waals surface area contributed by atoms with E-state index in [-0.39, 0.29) is 11.3 Å². The highest BCUT2D eigenvalue weighted by Crippen LogP contribution is 2.19. The molecule has 23 heavy (non-hydrogen) atoms. The molecule has 0 atom stereocenters. The molecule has 0 saturated heterocycles. The Morgan fingerprint density at radius 1 is 1.17 bits per heavy atom. The second kappa shape index (κ2) is 8.64. The van der Waals surface area contributed by atoms with Gasteiger partial charge in [0.1, 0.15) is 0 Å². The molecular formula is C15H22N2O5S. The molecule has 1 amide bonds. The van der Waals surface area contributed by atoms with Crippen molar-refractivity contribution in [2.75, 3.05) is 25.0 Å². The van der Waals surface area contributed by atoms with Gasteiger partial charge in [0.2, 0.25) is 10.0 Å². The van der Waals surface area contributed by atoms with Gasteiger partial charge in [0, 0.05) is 25.2 Å². The van der Waals surface area contributed by atoms with E-state index in [0.717, 1.165) is 0 Å². The van der Waals surface area contributed by atoms with Crippen LogP contribution in [0, 0.1) is 0 Å². The Bertz CT molecular complexity index is 654. The Morgan fingerprint density at radius 2 is 1.83 bits per heavy atom. The Labute approximate surface area is 136 Å². The van der Waals surface area contributed by atoms with Crippen LogP contribution in [0.15, 0.2) is 29.2 Å². The third-order valence-electron chi connectivity index (χ3n) is 3.11. The minimum atomic E-state index is -3.59. The Balaban J connectivity index is 2.85. The maximum absolute atomic E-state index is 12.4. The van der Waals surface area contributed by atoms with Crippen molar-refractivity contribution in [3.63, 3.8) is 0 Å². The SMILES string of the molecule is CCC(=O)OCC(=O)Nc1cccc(S(=O)(=O)N(CC)CC)c1. The Kier molecular flexibility index (Phi) is 7.18. The van der Waals surface area contributed by atoms with Gasteiger partial charge in [-0.25, -0.2) is 8.42 Å². The molecule has 0 saturated carbocycles. The molecule has 0 radical (unpaired) electrons. The zero-order valence-electron chi connectivity index (χ0n) is 13.5. The largest absolute Gasteiger partial charge is 0.456 e. The van der Waals surface area contributed by atoms with Gasteiger partial charge in [0.05, 0.1) is 4.90 Å². The molecule has 7 nitrogen and oxygen atoms in total. The van der Waals surface area contributed by atoms with Gasteiger partial charge >= 0.3 is 5.97 Å². The number of nitrogens with one attached hydrogen (secondary N) is 1. The first-order valence-electron chi connectivity index (χ1n) is 7.40. The van der Waals surface area contributed by atoms with Crippen molar-refractivity contribution in [3.05, 3.63) is 24.3 Å². The summed E-state index contributed by atoms with van der Waals surface area (Å²) in [6.45, 7) is 5.47. The number of anilines is 1. The van der Waals surface area contributed by atoms with E-state index in [9.17, 15) is 18.0 Å². The van der Waals surface area contributed by atoms with E-state index in [4.69, 9.17) is 4.74 Å². The van der Waals surface area contributed by atoms with E-state index in [0.29, 0.717) is 18.8 Å². The van der Waals surface area contributed by atoms with Gasteiger partial charge in [0.25, 0.3) is 5.91 Å². The molecule has 8 heteroatoms. The standard InChI is InChI=1S/C15H22N2O5S/c1-4-15(19)22-11-14(18)16-12-8-7-9-13(10-12)23(20,21)17(5-2)6-3/h7-10H,4-6,11H2,1-3H3,(H,16,18). The van der Waals surface area contributed by atoms with Crippen LogP contribution in [0.4, 0.5) is 5.69 Å². The van der Waals surface area contributed by atoms with Crippen LogP contribution in [0.2, 0.25) is 0 Å². The van der Waals surface area contributed by atoms with E-state index in [1.807, 2.05) is 0 Å². The number of carbonyl (C=O) groups is 2. The van der Waals surface area contributed by atoms with Crippen LogP contribution in [0.25, 0.3) is 0 Å². The third-order valence-corrected chi connectivity index (χ3v) is 5.16. The molecule has 1 aromatic carbocycles. The molecule has 1 aromatic rings. The summed E-state index contributed by atoms with van der Waals surface area (Å²) in [5, 5.41) is 2.51. The van der Waals surface area contributed by atoms with Crippen molar-refractivity contribution in [1.29, 1.82) is 0 Å². The molecule has 128 valence electrons. The van der Waals surface area contributed by atoms with E-state index in [1.54, 1.807) is 32.9 Å². The number of hydrogen-bond donors (Lipinski definition) is 1. The van der Waals surface area contributed by atoms with Crippen molar-refractivity contribution in [1.82, 2.24) is 4.31 Å². The zero-order valence-corrected chi connectivity index (χ0v) is 14.4. The van der Waals surface area contributed by atoms with Crippen LogP contribution >= 0.6 is 0 Å². The average molecular weight is 342 g/mol. The van der Waals surface area contributed by atoms with E-state index in [2.05, 4.69) is 5.32 Å². The number of nitrogens with zero attached hydrogens (tertiary/aromatic N) is 1. The van der Waals surface area contributed by atoms with E-state index in [1.165, 1.54) is 16.4 Å². The maximum atomic E-state index is 12.4. The molecule has 0 bridgehead atoms. The molecule has 0 aliphatic rings. The van der Waals surface area contributed by atoms with Crippen molar-refractivity contribution < 1.29 is 22.7 Å². The summed E-state index contributed by atoms with van der Waals surface area (Å²) < 4.78 is 30.9. The fraction of sp³-hybridized carbons (Fsp3) is 0.467. The monoisotopic (exact) mass is 342 g/mol. The number of amides is 1. The highest BCUT2D eigenvalue weighted by Gasteiger charge is 2.21. The molecule has 0 fully saturated rings. The summed E-state index contributed by atoms with van der Waals surface area (Å²) in [5.74, 6) is -0.998. The van der Waals surface area contributed by atoms with Gasteiger partial charge in [-0.3, -0.25) is 9.59 Å². The van der Waals surface area contributed by atoms with Crippen LogP contribution in [0.5, 0.6) is 0 Å². The number of esters is 1. The highest BCUT2D eigenvalue weighted by molar-refractivity contribution is 7.89. The topological polar surface area (TPSA) is 92.8 Å². The van der Waals surface area contributed by atoms with Crippen LogP contribution < -0.4 is 5.32 Å². The van der Waals surface area contributed by atoms with Crippen LogP contribution in [0.1, 0.15) is 27.2 Å². The number of sulfonamides is 1. The lowest BCUT2D eigenvalue weighted by molar-refractivity contribution is -0.146. The van der Waals surface area contributed by atoms with Gasteiger partial charge in [-0.05, 0) is 18.2 Å². The van der Waals surface area contributed by atoms with Crippen molar-refractivity contribution in [2.24, 2.45) is 0 Å². The summed E-state index contributed by atoms with van der Waals surface area (Å²) in [6, 6.07) is 5.97. The summed E-state index contributed by atoms with van der Waals surface area (Å²) >= 11 is 0. The molecule has 1 N–H and O–H groups in total. The lowest BCUT2D eigenvalue weighted by Crippen LogP contribution is -2.30. The molecule has 0 spiro atoms. The number of ether oxygens (including phenoxy) is 1. The molecule has 1 rings (SSSR count). The lowest BCUT2D eigenvalue weighted by atomic mass is 10.3. The van der Waals surface area contributed by atoms with Crippen LogP contribution in [-0.2, 0) is 24.3 Å². The number of rotatable bonds is 8. The molecule has 0 aliphatic heterocycles. The van der Waals surface area contributed by atoms with Crippen molar-refractivity contribution in [2.45, 2.75) is 32.1 Å². The minimum Gasteiger partial charge on any atom is -0.456 e. The van der Waals surface area contributed by atoms with Gasteiger partial charge < -0.3 is 10.1 Å². The van der Waals surface area contributed by atoms with Crippen molar-refractivity contribution >= 4 is 27.6 Å². The normalized spacial score (nSPS) is 11.3. The first kappa shape index (κ1) is 19.1. The second-order valence-corrected chi connectivity index (χ2v) is 6.62. The number of benzene rings is 1. The first-order valence-corrected chi connectivity index (χ1v) is 8.84. The maximum Gasteiger partial charge on any atom is 0.306 e. The van der Waals surface area contributed by atoms with Gasteiger partial charge in [0.15, 0.2) is 6.61 Å². The zero-order chi connectivity index (χ0) is 17.5. The summed E-state index contributed by atoms with van der Waals surface area (Å²) in [5.41, 5.74) is 0.329. The van der Waals surface area contributed by atoms with Crippen molar-refractivity contribution in [3.8, 4) is 0 Å². The highest BCUT2D eigenvalue weighted by atomic mass is 32.2.